The molecule has 108 valence electrons. The molecule has 1 aromatic rings. The van der Waals surface area contributed by atoms with Crippen LogP contribution in [-0.4, -0.2) is 25.5 Å². The summed E-state index contributed by atoms with van der Waals surface area (Å²) in [5, 5.41) is 6.30. The van der Waals surface area contributed by atoms with Crippen molar-refractivity contribution in [1.29, 1.82) is 0 Å². The second-order valence-electron chi connectivity index (χ2n) is 4.70. The molecule has 0 unspecified atom stereocenters. The van der Waals surface area contributed by atoms with Crippen molar-refractivity contribution in [2.75, 3.05) is 19.6 Å². The van der Waals surface area contributed by atoms with E-state index >= 15 is 0 Å². The Kier molecular flexibility index (Phi) is 7.76. The number of piperidine rings is 1. The van der Waals surface area contributed by atoms with E-state index in [-0.39, 0.29) is 18.3 Å². The first-order chi connectivity index (χ1) is 8.74. The highest BCUT2D eigenvalue weighted by Crippen LogP contribution is 2.21. The molecule has 0 aromatic carbocycles. The summed E-state index contributed by atoms with van der Waals surface area (Å²) in [6.45, 7) is 2.80. The molecule has 19 heavy (non-hydrogen) atoms. The summed E-state index contributed by atoms with van der Waals surface area (Å²) >= 11 is 7.44. The maximum Gasteiger partial charge on any atom is 0.220 e. The lowest BCUT2D eigenvalue weighted by Gasteiger charge is -2.21. The van der Waals surface area contributed by atoms with Crippen LogP contribution in [0.15, 0.2) is 12.1 Å². The SMILES string of the molecule is Cl.O=C(CC1CCNCC1)NCCc1ccc(Cl)s1. The molecule has 6 heteroatoms. The largest absolute Gasteiger partial charge is 0.356 e. The lowest BCUT2D eigenvalue weighted by Crippen LogP contribution is -2.32. The van der Waals surface area contributed by atoms with E-state index in [1.807, 2.05) is 12.1 Å². The summed E-state index contributed by atoms with van der Waals surface area (Å²) in [7, 11) is 0. The maximum absolute atomic E-state index is 11.8. The van der Waals surface area contributed by atoms with Gasteiger partial charge in [-0.15, -0.1) is 23.7 Å². The van der Waals surface area contributed by atoms with Gasteiger partial charge in [0, 0.05) is 17.8 Å². The van der Waals surface area contributed by atoms with E-state index in [0.717, 1.165) is 36.7 Å². The second kappa shape index (κ2) is 8.80. The minimum absolute atomic E-state index is 0. The molecule has 1 saturated heterocycles. The number of hydrogen-bond donors (Lipinski definition) is 2. The van der Waals surface area contributed by atoms with Gasteiger partial charge in [-0.05, 0) is 50.4 Å². The summed E-state index contributed by atoms with van der Waals surface area (Å²) in [5.41, 5.74) is 0. The molecule has 1 amide bonds. The molecule has 1 aliphatic heterocycles. The number of nitrogens with one attached hydrogen (secondary N) is 2. The first kappa shape index (κ1) is 16.8. The summed E-state index contributed by atoms with van der Waals surface area (Å²) in [6.07, 6.45) is 3.78. The van der Waals surface area contributed by atoms with Gasteiger partial charge in [-0.2, -0.15) is 0 Å². The number of carbonyl (C=O) groups is 1. The third kappa shape index (κ3) is 6.13. The van der Waals surface area contributed by atoms with Gasteiger partial charge in [-0.1, -0.05) is 11.6 Å². The number of amides is 1. The van der Waals surface area contributed by atoms with E-state index in [4.69, 9.17) is 11.6 Å². The minimum atomic E-state index is 0. The Morgan fingerprint density at radius 2 is 2.16 bits per heavy atom. The average Bonchev–Trinajstić information content (AvgIpc) is 2.76. The van der Waals surface area contributed by atoms with Crippen molar-refractivity contribution < 1.29 is 4.79 Å². The highest BCUT2D eigenvalue weighted by molar-refractivity contribution is 7.16. The molecule has 0 radical (unpaired) electrons. The first-order valence-electron chi connectivity index (χ1n) is 6.45. The van der Waals surface area contributed by atoms with Crippen LogP contribution in [0.3, 0.4) is 0 Å². The third-order valence-electron chi connectivity index (χ3n) is 3.26. The van der Waals surface area contributed by atoms with Gasteiger partial charge in [-0.3, -0.25) is 4.79 Å². The highest BCUT2D eigenvalue weighted by Gasteiger charge is 2.16. The van der Waals surface area contributed by atoms with Gasteiger partial charge in [0.05, 0.1) is 4.34 Å². The monoisotopic (exact) mass is 322 g/mol. The standard InChI is InChI=1S/C13H19ClN2OS.ClH/c14-12-2-1-11(18-12)5-8-16-13(17)9-10-3-6-15-7-4-10;/h1-2,10,15H,3-9H2,(H,16,17);1H. The lowest BCUT2D eigenvalue weighted by molar-refractivity contribution is -0.122. The van der Waals surface area contributed by atoms with Gasteiger partial charge in [0.25, 0.3) is 0 Å². The van der Waals surface area contributed by atoms with Crippen molar-refractivity contribution in [3.63, 3.8) is 0 Å². The topological polar surface area (TPSA) is 41.1 Å². The zero-order valence-corrected chi connectivity index (χ0v) is 13.2. The first-order valence-corrected chi connectivity index (χ1v) is 7.65. The van der Waals surface area contributed by atoms with Crippen molar-refractivity contribution in [3.05, 3.63) is 21.3 Å². The van der Waals surface area contributed by atoms with Crippen LogP contribution < -0.4 is 10.6 Å². The van der Waals surface area contributed by atoms with Crippen molar-refractivity contribution in [2.45, 2.75) is 25.7 Å². The molecule has 0 atom stereocenters. The third-order valence-corrected chi connectivity index (χ3v) is 4.55. The van der Waals surface area contributed by atoms with E-state index in [1.165, 1.54) is 4.88 Å². The van der Waals surface area contributed by atoms with Gasteiger partial charge < -0.3 is 10.6 Å². The average molecular weight is 323 g/mol. The summed E-state index contributed by atoms with van der Waals surface area (Å²) < 4.78 is 0.811. The number of hydrogen-bond acceptors (Lipinski definition) is 3. The molecule has 1 fully saturated rings. The molecular formula is C13H20Cl2N2OS. The molecule has 0 saturated carbocycles. The Labute approximate surface area is 129 Å². The summed E-state index contributed by atoms with van der Waals surface area (Å²) in [5.74, 6) is 0.743. The van der Waals surface area contributed by atoms with Gasteiger partial charge in [-0.25, -0.2) is 0 Å². The van der Waals surface area contributed by atoms with Crippen LogP contribution in [0.4, 0.5) is 0 Å². The normalized spacial score (nSPS) is 15.8. The van der Waals surface area contributed by atoms with Crippen LogP contribution in [0.2, 0.25) is 4.34 Å². The fourth-order valence-electron chi connectivity index (χ4n) is 2.23. The Morgan fingerprint density at radius 3 is 2.79 bits per heavy atom. The molecule has 1 aromatic heterocycles. The Balaban J connectivity index is 0.00000180. The quantitative estimate of drug-likeness (QED) is 0.875. The predicted octanol–water partition coefficient (Wildman–Crippen LogP) is 2.87. The Morgan fingerprint density at radius 1 is 1.42 bits per heavy atom. The highest BCUT2D eigenvalue weighted by atomic mass is 35.5. The molecule has 0 aliphatic carbocycles. The fourth-order valence-corrected chi connectivity index (χ4v) is 3.32. The van der Waals surface area contributed by atoms with E-state index in [0.29, 0.717) is 18.9 Å². The van der Waals surface area contributed by atoms with Crippen molar-refractivity contribution in [1.82, 2.24) is 10.6 Å². The van der Waals surface area contributed by atoms with Crippen LogP contribution in [0.1, 0.15) is 24.1 Å². The zero-order chi connectivity index (χ0) is 12.8. The summed E-state index contributed by atoms with van der Waals surface area (Å²) in [6, 6.07) is 3.92. The van der Waals surface area contributed by atoms with E-state index in [9.17, 15) is 4.79 Å². The molecule has 2 heterocycles. The molecule has 3 nitrogen and oxygen atoms in total. The maximum atomic E-state index is 11.8. The number of halogens is 2. The van der Waals surface area contributed by atoms with Crippen LogP contribution in [-0.2, 0) is 11.2 Å². The van der Waals surface area contributed by atoms with Crippen LogP contribution in [0, 0.1) is 5.92 Å². The predicted molar refractivity (Wildman–Crippen MR) is 83.5 cm³/mol. The Bertz CT molecular complexity index is 392. The molecule has 0 spiro atoms. The van der Waals surface area contributed by atoms with Crippen LogP contribution in [0.5, 0.6) is 0 Å². The zero-order valence-electron chi connectivity index (χ0n) is 10.8. The molecule has 1 aliphatic rings. The van der Waals surface area contributed by atoms with E-state index < -0.39 is 0 Å². The minimum Gasteiger partial charge on any atom is -0.356 e. The van der Waals surface area contributed by atoms with Crippen molar-refractivity contribution in [3.8, 4) is 0 Å². The smallest absolute Gasteiger partial charge is 0.220 e. The van der Waals surface area contributed by atoms with Crippen molar-refractivity contribution in [2.24, 2.45) is 5.92 Å². The number of rotatable bonds is 5. The van der Waals surface area contributed by atoms with Gasteiger partial charge in [0.2, 0.25) is 5.91 Å². The molecule has 0 bridgehead atoms. The van der Waals surface area contributed by atoms with Gasteiger partial charge in [0.1, 0.15) is 0 Å². The fraction of sp³-hybridized carbons (Fsp3) is 0.615. The molecule has 2 rings (SSSR count). The number of thiophene rings is 1. The van der Waals surface area contributed by atoms with Crippen molar-refractivity contribution >= 4 is 41.3 Å². The second-order valence-corrected chi connectivity index (χ2v) is 6.50. The van der Waals surface area contributed by atoms with E-state index in [1.54, 1.807) is 11.3 Å². The van der Waals surface area contributed by atoms with Crippen LogP contribution in [0.25, 0.3) is 0 Å². The van der Waals surface area contributed by atoms with Gasteiger partial charge >= 0.3 is 0 Å². The lowest BCUT2D eigenvalue weighted by atomic mass is 9.94. The Hall–Kier alpha value is -0.290. The summed E-state index contributed by atoms with van der Waals surface area (Å²) in [4.78, 5) is 13.0. The van der Waals surface area contributed by atoms with E-state index in [2.05, 4.69) is 10.6 Å². The number of carbonyl (C=O) groups excluding carboxylic acids is 1. The van der Waals surface area contributed by atoms with Gasteiger partial charge in [0.15, 0.2) is 0 Å². The molecular weight excluding hydrogens is 303 g/mol. The van der Waals surface area contributed by atoms with Crippen LogP contribution >= 0.6 is 35.3 Å². The molecule has 2 N–H and O–H groups in total.